The number of carboxylic acid groups (broad SMARTS) is 1. The molecule has 8 heteroatoms. The van der Waals surface area contributed by atoms with Crippen molar-refractivity contribution in [1.82, 2.24) is 19.3 Å². The molecule has 0 radical (unpaired) electrons. The second-order valence-corrected chi connectivity index (χ2v) is 5.99. The van der Waals surface area contributed by atoms with Crippen molar-refractivity contribution >= 4 is 28.0 Å². The van der Waals surface area contributed by atoms with Crippen molar-refractivity contribution in [2.75, 3.05) is 0 Å². The van der Waals surface area contributed by atoms with Crippen LogP contribution in [0.25, 0.3) is 22.1 Å². The van der Waals surface area contributed by atoms with E-state index < -0.39 is 11.7 Å². The summed E-state index contributed by atoms with van der Waals surface area (Å²) in [5.41, 5.74) is 1.83. The topological polar surface area (TPSA) is 114 Å². The first-order chi connectivity index (χ1) is 13.1. The lowest BCUT2D eigenvalue weighted by Gasteiger charge is -2.06. The van der Waals surface area contributed by atoms with E-state index in [4.69, 9.17) is 0 Å². The second kappa shape index (κ2) is 6.38. The van der Waals surface area contributed by atoms with Gasteiger partial charge in [-0.25, -0.2) is 9.48 Å². The van der Waals surface area contributed by atoms with Gasteiger partial charge in [0, 0.05) is 5.39 Å². The molecule has 0 fully saturated rings. The fourth-order valence-electron chi connectivity index (χ4n) is 3.12. The number of nitriles is 1. The second-order valence-electron chi connectivity index (χ2n) is 5.99. The van der Waals surface area contributed by atoms with Crippen LogP contribution < -0.4 is 5.69 Å². The number of rotatable bonds is 4. The third-order valence-electron chi connectivity index (χ3n) is 4.31. The number of carboxylic acids is 1. The van der Waals surface area contributed by atoms with Gasteiger partial charge in [0.2, 0.25) is 0 Å². The molecule has 0 unspecified atom stereocenters. The highest BCUT2D eigenvalue weighted by Gasteiger charge is 2.17. The number of benzene rings is 2. The summed E-state index contributed by atoms with van der Waals surface area (Å²) in [6.07, 6.45) is 0. The molecule has 27 heavy (non-hydrogen) atoms. The number of aromatic nitrogens is 4. The molecule has 0 aliphatic heterocycles. The van der Waals surface area contributed by atoms with Crippen LogP contribution in [0, 0.1) is 11.3 Å². The van der Waals surface area contributed by atoms with Gasteiger partial charge < -0.3 is 9.67 Å². The first kappa shape index (κ1) is 16.5. The van der Waals surface area contributed by atoms with E-state index in [2.05, 4.69) is 16.2 Å². The van der Waals surface area contributed by atoms with Crippen LogP contribution in [-0.4, -0.2) is 30.4 Å². The Morgan fingerprint density at radius 2 is 1.89 bits per heavy atom. The zero-order valence-corrected chi connectivity index (χ0v) is 14.0. The fraction of sp³-hybridized carbons (Fsp3) is 0.105. The van der Waals surface area contributed by atoms with E-state index in [0.29, 0.717) is 27.5 Å². The number of nitrogens with zero attached hydrogens (tertiary/aromatic N) is 5. The molecule has 0 bridgehead atoms. The summed E-state index contributed by atoms with van der Waals surface area (Å²) in [6.45, 7) is -0.219. The van der Waals surface area contributed by atoms with Crippen molar-refractivity contribution in [2.24, 2.45) is 0 Å². The van der Waals surface area contributed by atoms with Gasteiger partial charge in [0.25, 0.3) is 0 Å². The highest BCUT2D eigenvalue weighted by molar-refractivity contribution is 6.04. The van der Waals surface area contributed by atoms with Crippen LogP contribution in [-0.2, 0) is 17.9 Å². The molecule has 2 aromatic carbocycles. The average Bonchev–Trinajstić information content (AvgIpc) is 2.95. The molecule has 0 atom stereocenters. The molecule has 132 valence electrons. The monoisotopic (exact) mass is 359 g/mol. The lowest BCUT2D eigenvalue weighted by atomic mass is 10.1. The number of carbonyl (C=O) groups is 1. The van der Waals surface area contributed by atoms with Gasteiger partial charge in [0.05, 0.1) is 23.7 Å². The van der Waals surface area contributed by atoms with E-state index in [1.165, 1.54) is 9.25 Å². The van der Waals surface area contributed by atoms with Crippen LogP contribution in [0.1, 0.15) is 11.1 Å². The molecule has 8 nitrogen and oxygen atoms in total. The summed E-state index contributed by atoms with van der Waals surface area (Å²) in [6, 6.07) is 16.2. The van der Waals surface area contributed by atoms with Crippen LogP contribution in [0.15, 0.2) is 53.3 Å². The number of fused-ring (bicyclic) bond motifs is 3. The maximum atomic E-state index is 12.5. The zero-order chi connectivity index (χ0) is 19.0. The first-order valence-electron chi connectivity index (χ1n) is 8.14. The molecule has 0 spiro atoms. The molecular formula is C19H13N5O3. The van der Waals surface area contributed by atoms with Crippen LogP contribution in [0.3, 0.4) is 0 Å². The largest absolute Gasteiger partial charge is 0.480 e. The Labute approximate surface area is 152 Å². The normalized spacial score (nSPS) is 10.9. The van der Waals surface area contributed by atoms with Crippen LogP contribution >= 0.6 is 0 Å². The SMILES string of the molecule is N#Cc1ccccc1Cn1nc2c3ccccc3n(CC(=O)O)c2nc1=O. The molecule has 0 saturated carbocycles. The highest BCUT2D eigenvalue weighted by atomic mass is 16.4. The molecule has 0 amide bonds. The Morgan fingerprint density at radius 3 is 2.67 bits per heavy atom. The molecule has 0 saturated heterocycles. The molecule has 1 N–H and O–H groups in total. The molecule has 4 aromatic rings. The van der Waals surface area contributed by atoms with Crippen LogP contribution in [0.2, 0.25) is 0 Å². The van der Waals surface area contributed by atoms with Crippen molar-refractivity contribution in [3.8, 4) is 6.07 Å². The van der Waals surface area contributed by atoms with E-state index in [-0.39, 0.29) is 18.7 Å². The Bertz CT molecular complexity index is 1300. The van der Waals surface area contributed by atoms with E-state index in [9.17, 15) is 20.0 Å². The van der Waals surface area contributed by atoms with E-state index in [1.807, 2.05) is 12.1 Å². The number of hydrogen-bond acceptors (Lipinski definition) is 5. The summed E-state index contributed by atoms with van der Waals surface area (Å²) in [5.74, 6) is -1.04. The fourth-order valence-corrected chi connectivity index (χ4v) is 3.12. The maximum Gasteiger partial charge on any atom is 0.366 e. The molecule has 2 aromatic heterocycles. The quantitative estimate of drug-likeness (QED) is 0.594. The molecule has 0 aliphatic rings. The molecule has 0 aliphatic carbocycles. The van der Waals surface area contributed by atoms with Crippen LogP contribution in [0.5, 0.6) is 0 Å². The van der Waals surface area contributed by atoms with Gasteiger partial charge in [-0.05, 0) is 17.7 Å². The zero-order valence-electron chi connectivity index (χ0n) is 14.0. The van der Waals surface area contributed by atoms with Gasteiger partial charge in [-0.15, -0.1) is 0 Å². The summed E-state index contributed by atoms with van der Waals surface area (Å²) in [7, 11) is 0. The van der Waals surface area contributed by atoms with Gasteiger partial charge in [-0.3, -0.25) is 4.79 Å². The van der Waals surface area contributed by atoms with Crippen molar-refractivity contribution in [3.05, 3.63) is 70.1 Å². The van der Waals surface area contributed by atoms with Crippen molar-refractivity contribution in [2.45, 2.75) is 13.1 Å². The Morgan fingerprint density at radius 1 is 1.15 bits per heavy atom. The standard InChI is InChI=1S/C19H13N5O3/c20-9-12-5-1-2-6-13(12)10-24-19(27)21-18-17(22-24)14-7-3-4-8-15(14)23(18)11-16(25)26/h1-8H,10-11H2,(H,25,26). The molecule has 4 rings (SSSR count). The highest BCUT2D eigenvalue weighted by Crippen LogP contribution is 2.25. The maximum absolute atomic E-state index is 12.5. The van der Waals surface area contributed by atoms with Crippen molar-refractivity contribution in [1.29, 1.82) is 5.26 Å². The molecule has 2 heterocycles. The number of para-hydroxylation sites is 1. The Kier molecular flexibility index (Phi) is 3.90. The van der Waals surface area contributed by atoms with E-state index in [0.717, 1.165) is 0 Å². The first-order valence-corrected chi connectivity index (χ1v) is 8.14. The minimum Gasteiger partial charge on any atom is -0.480 e. The lowest BCUT2D eigenvalue weighted by Crippen LogP contribution is -2.27. The lowest BCUT2D eigenvalue weighted by molar-refractivity contribution is -0.137. The third kappa shape index (κ3) is 2.81. The van der Waals surface area contributed by atoms with Gasteiger partial charge in [-0.1, -0.05) is 36.4 Å². The summed E-state index contributed by atoms with van der Waals surface area (Å²) >= 11 is 0. The average molecular weight is 359 g/mol. The number of hydrogen-bond donors (Lipinski definition) is 1. The predicted molar refractivity (Wildman–Crippen MR) is 97.2 cm³/mol. The van der Waals surface area contributed by atoms with E-state index in [1.54, 1.807) is 36.4 Å². The Balaban J connectivity index is 1.94. The predicted octanol–water partition coefficient (Wildman–Crippen LogP) is 1.75. The Hall–Kier alpha value is -3.99. The minimum atomic E-state index is -1.04. The van der Waals surface area contributed by atoms with Crippen molar-refractivity contribution in [3.63, 3.8) is 0 Å². The number of aliphatic carboxylic acids is 1. The minimum absolute atomic E-state index is 0.101. The third-order valence-corrected chi connectivity index (χ3v) is 4.31. The van der Waals surface area contributed by atoms with Gasteiger partial charge in [0.15, 0.2) is 5.65 Å². The smallest absolute Gasteiger partial charge is 0.366 e. The van der Waals surface area contributed by atoms with Crippen molar-refractivity contribution < 1.29 is 9.90 Å². The van der Waals surface area contributed by atoms with Gasteiger partial charge in [-0.2, -0.15) is 15.3 Å². The van der Waals surface area contributed by atoms with Crippen LogP contribution in [0.4, 0.5) is 0 Å². The van der Waals surface area contributed by atoms with Gasteiger partial charge >= 0.3 is 11.7 Å². The van der Waals surface area contributed by atoms with Gasteiger partial charge in [0.1, 0.15) is 12.1 Å². The summed E-state index contributed by atoms with van der Waals surface area (Å²) in [4.78, 5) is 27.8. The molecular weight excluding hydrogens is 346 g/mol. The van der Waals surface area contributed by atoms with E-state index >= 15 is 0 Å². The summed E-state index contributed by atoms with van der Waals surface area (Å²) in [5, 5.41) is 23.6. The summed E-state index contributed by atoms with van der Waals surface area (Å²) < 4.78 is 2.66.